The van der Waals surface area contributed by atoms with Crippen molar-refractivity contribution in [2.45, 2.75) is 13.3 Å². The molecule has 0 bridgehead atoms. The van der Waals surface area contributed by atoms with E-state index in [0.29, 0.717) is 29.8 Å². The van der Waals surface area contributed by atoms with Gasteiger partial charge in [-0.3, -0.25) is 9.10 Å². The number of halogens is 1. The molecular weight excluding hydrogens is 418 g/mol. The predicted molar refractivity (Wildman–Crippen MR) is 104 cm³/mol. The van der Waals surface area contributed by atoms with Crippen molar-refractivity contribution in [3.05, 3.63) is 63.8 Å². The van der Waals surface area contributed by atoms with Gasteiger partial charge in [-0.2, -0.15) is 0 Å². The maximum Gasteiger partial charge on any atom is 0.234 e. The molecule has 0 fully saturated rings. The summed E-state index contributed by atoms with van der Waals surface area (Å²) in [7, 11) is -3.29. The molecule has 5 nitrogen and oxygen atoms in total. The van der Waals surface area contributed by atoms with Gasteiger partial charge in [-0.05, 0) is 61.4 Å². The molecule has 0 amide bonds. The van der Waals surface area contributed by atoms with Gasteiger partial charge in [-0.15, -0.1) is 0 Å². The van der Waals surface area contributed by atoms with Crippen LogP contribution in [0.1, 0.15) is 28.6 Å². The average Bonchev–Trinajstić information content (AvgIpc) is 3.24. The minimum atomic E-state index is -3.29. The fraction of sp³-hybridized carbons (Fsp3) is 0.211. The largest absolute Gasteiger partial charge is 0.453 e. The summed E-state index contributed by atoms with van der Waals surface area (Å²) in [4.78, 5) is 12.8. The van der Waals surface area contributed by atoms with Crippen LogP contribution in [0.5, 0.6) is 0 Å². The molecule has 3 aromatic rings. The molecular formula is C19H16BrNO4S. The van der Waals surface area contributed by atoms with Gasteiger partial charge in [0.15, 0.2) is 5.76 Å². The highest BCUT2D eigenvalue weighted by molar-refractivity contribution is 9.10. The number of hydrogen-bond acceptors (Lipinski definition) is 4. The Bertz CT molecular complexity index is 1130. The second-order valence-corrected chi connectivity index (χ2v) is 9.29. The van der Waals surface area contributed by atoms with Crippen molar-refractivity contribution in [1.29, 1.82) is 0 Å². The Hall–Kier alpha value is -2.12. The first kappa shape index (κ1) is 17.3. The summed E-state index contributed by atoms with van der Waals surface area (Å²) in [6, 6.07) is 12.4. The Balaban J connectivity index is 1.69. The monoisotopic (exact) mass is 433 g/mol. The van der Waals surface area contributed by atoms with Crippen LogP contribution in [-0.4, -0.2) is 26.5 Å². The van der Waals surface area contributed by atoms with Crippen LogP contribution < -0.4 is 4.31 Å². The van der Waals surface area contributed by atoms with Crippen LogP contribution in [-0.2, 0) is 16.4 Å². The third kappa shape index (κ3) is 2.85. The van der Waals surface area contributed by atoms with E-state index >= 15 is 0 Å². The van der Waals surface area contributed by atoms with Gasteiger partial charge in [0.1, 0.15) is 5.58 Å². The van der Waals surface area contributed by atoms with Gasteiger partial charge >= 0.3 is 0 Å². The van der Waals surface area contributed by atoms with E-state index < -0.39 is 10.0 Å². The van der Waals surface area contributed by atoms with E-state index in [0.717, 1.165) is 15.4 Å². The highest BCUT2D eigenvalue weighted by atomic mass is 79.9. The number of anilines is 1. The van der Waals surface area contributed by atoms with Crippen LogP contribution in [0.2, 0.25) is 0 Å². The summed E-state index contributed by atoms with van der Waals surface area (Å²) in [5, 5.41) is 0.851. The van der Waals surface area contributed by atoms with Gasteiger partial charge < -0.3 is 4.42 Å². The van der Waals surface area contributed by atoms with Crippen molar-refractivity contribution in [2.75, 3.05) is 16.6 Å². The standard InChI is InChI=1S/C19H16BrNO4S/c1-2-26(23,24)21-8-7-12-9-13(3-5-16(12)21)19(22)18-11-14-10-15(20)4-6-17(14)25-18/h3-6,9-11H,2,7-8H2,1H3. The minimum Gasteiger partial charge on any atom is -0.453 e. The van der Waals surface area contributed by atoms with Crippen LogP contribution in [0, 0.1) is 0 Å². The molecule has 26 heavy (non-hydrogen) atoms. The lowest BCUT2D eigenvalue weighted by Gasteiger charge is -2.18. The van der Waals surface area contributed by atoms with Crippen LogP contribution in [0.15, 0.2) is 51.4 Å². The molecule has 7 heteroatoms. The molecule has 0 saturated carbocycles. The van der Waals surface area contributed by atoms with Gasteiger partial charge in [-0.25, -0.2) is 8.42 Å². The van der Waals surface area contributed by atoms with Crippen LogP contribution in [0.25, 0.3) is 11.0 Å². The van der Waals surface area contributed by atoms with Crippen molar-refractivity contribution in [3.63, 3.8) is 0 Å². The van der Waals surface area contributed by atoms with E-state index in [1.165, 1.54) is 4.31 Å². The van der Waals surface area contributed by atoms with Crippen molar-refractivity contribution in [2.24, 2.45) is 0 Å². The Morgan fingerprint density at radius 3 is 2.77 bits per heavy atom. The molecule has 0 aliphatic carbocycles. The van der Waals surface area contributed by atoms with Gasteiger partial charge in [0.05, 0.1) is 11.4 Å². The smallest absolute Gasteiger partial charge is 0.234 e. The fourth-order valence-corrected chi connectivity index (χ4v) is 4.76. The highest BCUT2D eigenvalue weighted by Gasteiger charge is 2.29. The summed E-state index contributed by atoms with van der Waals surface area (Å²) in [5.74, 6) is 0.118. The molecule has 1 aliphatic rings. The molecule has 0 radical (unpaired) electrons. The predicted octanol–water partition coefficient (Wildman–Crippen LogP) is 4.14. The Kier molecular flexibility index (Phi) is 4.16. The van der Waals surface area contributed by atoms with Crippen LogP contribution >= 0.6 is 15.9 Å². The third-order valence-electron chi connectivity index (χ3n) is 4.60. The van der Waals surface area contributed by atoms with Gasteiger partial charge in [0.25, 0.3) is 0 Å². The zero-order valence-corrected chi connectivity index (χ0v) is 16.4. The second-order valence-electron chi connectivity index (χ2n) is 6.19. The first-order valence-electron chi connectivity index (χ1n) is 8.26. The van der Waals surface area contributed by atoms with Crippen molar-refractivity contribution in [1.82, 2.24) is 0 Å². The lowest BCUT2D eigenvalue weighted by atomic mass is 10.0. The summed E-state index contributed by atoms with van der Waals surface area (Å²) < 4.78 is 32.4. The molecule has 1 aliphatic heterocycles. The maximum absolute atomic E-state index is 12.8. The molecule has 0 saturated heterocycles. The van der Waals surface area contributed by atoms with Gasteiger partial charge in [-0.1, -0.05) is 15.9 Å². The van der Waals surface area contributed by atoms with Crippen molar-refractivity contribution in [3.8, 4) is 0 Å². The summed E-state index contributed by atoms with van der Waals surface area (Å²) >= 11 is 3.40. The van der Waals surface area contributed by atoms with Crippen LogP contribution in [0.3, 0.4) is 0 Å². The minimum absolute atomic E-state index is 0.0572. The maximum atomic E-state index is 12.8. The lowest BCUT2D eigenvalue weighted by molar-refractivity contribution is 0.101. The van der Waals surface area contributed by atoms with Gasteiger partial charge in [0.2, 0.25) is 15.8 Å². The SMILES string of the molecule is CCS(=O)(=O)N1CCc2cc(C(=O)c3cc4cc(Br)ccc4o3)ccc21. The van der Waals surface area contributed by atoms with Crippen molar-refractivity contribution >= 4 is 48.4 Å². The van der Waals surface area contributed by atoms with E-state index in [2.05, 4.69) is 15.9 Å². The quantitative estimate of drug-likeness (QED) is 0.579. The number of carbonyl (C=O) groups is 1. The number of furan rings is 1. The Morgan fingerprint density at radius 1 is 1.19 bits per heavy atom. The zero-order chi connectivity index (χ0) is 18.5. The van der Waals surface area contributed by atoms with E-state index in [-0.39, 0.29) is 17.3 Å². The van der Waals surface area contributed by atoms with E-state index in [4.69, 9.17) is 4.42 Å². The third-order valence-corrected chi connectivity index (χ3v) is 6.87. The second kappa shape index (κ2) is 6.25. The molecule has 0 unspecified atom stereocenters. The molecule has 0 atom stereocenters. The highest BCUT2D eigenvalue weighted by Crippen LogP contribution is 2.32. The number of nitrogens with zero attached hydrogens (tertiary/aromatic N) is 1. The molecule has 134 valence electrons. The lowest BCUT2D eigenvalue weighted by Crippen LogP contribution is -2.30. The normalized spacial score (nSPS) is 14.0. The number of ketones is 1. The number of sulfonamides is 1. The number of carbonyl (C=O) groups excluding carboxylic acids is 1. The first-order chi connectivity index (χ1) is 12.4. The van der Waals surface area contributed by atoms with E-state index in [1.54, 1.807) is 31.2 Å². The van der Waals surface area contributed by atoms with Gasteiger partial charge in [0, 0.05) is 22.0 Å². The summed E-state index contributed by atoms with van der Waals surface area (Å²) in [6.45, 7) is 2.05. The average molecular weight is 434 g/mol. The Morgan fingerprint density at radius 2 is 2.00 bits per heavy atom. The number of benzene rings is 2. The molecule has 0 N–H and O–H groups in total. The topological polar surface area (TPSA) is 67.6 Å². The summed E-state index contributed by atoms with van der Waals surface area (Å²) in [5.41, 5.74) is 2.68. The van der Waals surface area contributed by atoms with Crippen LogP contribution in [0.4, 0.5) is 5.69 Å². The van der Waals surface area contributed by atoms with E-state index in [9.17, 15) is 13.2 Å². The molecule has 2 heterocycles. The number of hydrogen-bond donors (Lipinski definition) is 0. The summed E-state index contributed by atoms with van der Waals surface area (Å²) in [6.07, 6.45) is 0.600. The van der Waals surface area contributed by atoms with E-state index in [1.807, 2.05) is 18.2 Å². The molecule has 1 aromatic heterocycles. The number of fused-ring (bicyclic) bond motifs is 2. The molecule has 0 spiro atoms. The first-order valence-corrected chi connectivity index (χ1v) is 10.7. The Labute approximate surface area is 159 Å². The molecule has 2 aromatic carbocycles. The zero-order valence-electron chi connectivity index (χ0n) is 14.0. The number of rotatable bonds is 4. The fourth-order valence-electron chi connectivity index (χ4n) is 3.23. The molecule has 4 rings (SSSR count). The van der Waals surface area contributed by atoms with Crippen molar-refractivity contribution < 1.29 is 17.6 Å².